The molecule has 3 atom stereocenters. The number of nitrogens with zero attached hydrogens (tertiary/aromatic N) is 7. The van der Waals surface area contributed by atoms with Crippen LogP contribution >= 0.6 is 11.3 Å². The van der Waals surface area contributed by atoms with Gasteiger partial charge in [0.1, 0.15) is 23.9 Å². The molecule has 1 saturated heterocycles. The zero-order chi connectivity index (χ0) is 46.4. The third kappa shape index (κ3) is 8.11. The van der Waals surface area contributed by atoms with E-state index >= 15 is 8.78 Å². The van der Waals surface area contributed by atoms with Crippen LogP contribution < -0.4 is 20.7 Å². The van der Waals surface area contributed by atoms with E-state index in [1.165, 1.54) is 22.9 Å². The molecule has 0 radical (unpaired) electrons. The van der Waals surface area contributed by atoms with Gasteiger partial charge in [0.05, 0.1) is 28.2 Å². The van der Waals surface area contributed by atoms with Gasteiger partial charge < -0.3 is 16.0 Å². The van der Waals surface area contributed by atoms with Crippen LogP contribution in [0.2, 0.25) is 0 Å². The molecule has 4 N–H and O–H groups in total. The minimum atomic E-state index is -5.12. The minimum Gasteiger partial charge on any atom is -0.369 e. The average molecular weight is 935 g/mol. The predicted molar refractivity (Wildman–Crippen MR) is 224 cm³/mol. The van der Waals surface area contributed by atoms with Crippen LogP contribution in [0.1, 0.15) is 73.8 Å². The predicted octanol–water partition coefficient (Wildman–Crippen LogP) is 7.15. The number of nitrogens with one attached hydrogen (secondary N) is 2. The molecule has 1 unspecified atom stereocenters. The van der Waals surface area contributed by atoms with Crippen molar-refractivity contribution in [2.75, 3.05) is 29.0 Å². The van der Waals surface area contributed by atoms with Crippen molar-refractivity contribution in [3.05, 3.63) is 82.3 Å². The van der Waals surface area contributed by atoms with Crippen molar-refractivity contribution in [2.24, 2.45) is 24.1 Å². The lowest BCUT2D eigenvalue weighted by molar-refractivity contribution is -0.143. The smallest absolute Gasteiger partial charge is 0.369 e. The zero-order valence-corrected chi connectivity index (χ0v) is 36.5. The SMILES string of the molecule is C[C@@H]1c2c(C(F)(F)F)nn(CC(=O)NC(Cc3cc(F)cc(F)c3)c3nc4nc(N5CCC(C)(C(N)=O)CC5)sc4cc3-c3cccc4c(NS(C)(=O)=O)nn(C)c34)c2C(F)(F)[C@@H]1C. The van der Waals surface area contributed by atoms with E-state index in [0.717, 1.165) is 25.3 Å². The van der Waals surface area contributed by atoms with Crippen molar-refractivity contribution < 1.29 is 48.7 Å². The molecular weight excluding hydrogens is 894 g/mol. The number of hydrogen-bond donors (Lipinski definition) is 3. The molecule has 0 bridgehead atoms. The van der Waals surface area contributed by atoms with Crippen molar-refractivity contribution in [2.45, 2.75) is 70.6 Å². The van der Waals surface area contributed by atoms with Gasteiger partial charge >= 0.3 is 6.18 Å². The van der Waals surface area contributed by atoms with E-state index in [2.05, 4.69) is 20.2 Å². The summed E-state index contributed by atoms with van der Waals surface area (Å²) in [6, 6.07) is 7.93. The monoisotopic (exact) mass is 934 g/mol. The number of benzene rings is 2. The fourth-order valence-electron chi connectivity index (χ4n) is 8.64. The number of piperidine rings is 1. The van der Waals surface area contributed by atoms with Crippen LogP contribution in [0, 0.1) is 23.0 Å². The van der Waals surface area contributed by atoms with Gasteiger partial charge in [-0.25, -0.2) is 22.2 Å². The number of fused-ring (bicyclic) bond motifs is 3. The molecule has 340 valence electrons. The normalized spacial score (nSPS) is 19.0. The number of aromatic nitrogens is 6. The lowest BCUT2D eigenvalue weighted by atomic mass is 9.80. The van der Waals surface area contributed by atoms with Crippen molar-refractivity contribution in [1.29, 1.82) is 0 Å². The molecule has 0 saturated carbocycles. The summed E-state index contributed by atoms with van der Waals surface area (Å²) in [6.45, 7) is 3.90. The van der Waals surface area contributed by atoms with E-state index in [1.54, 1.807) is 38.2 Å². The number of para-hydroxylation sites is 1. The molecule has 1 fully saturated rings. The third-order valence-electron chi connectivity index (χ3n) is 12.2. The highest BCUT2D eigenvalue weighted by atomic mass is 32.2. The summed E-state index contributed by atoms with van der Waals surface area (Å²) in [4.78, 5) is 38.1. The zero-order valence-electron chi connectivity index (χ0n) is 34.8. The summed E-state index contributed by atoms with van der Waals surface area (Å²) >= 11 is 1.26. The summed E-state index contributed by atoms with van der Waals surface area (Å²) in [5.74, 6) is -10.0. The topological polar surface area (TPSA) is 183 Å². The number of rotatable bonds is 11. The summed E-state index contributed by atoms with van der Waals surface area (Å²) in [5, 5.41) is 11.5. The van der Waals surface area contributed by atoms with E-state index < -0.39 is 92.4 Å². The standard InChI is InChI=1S/C41H41F7N10O4S2/c1-19-20(2)40(44,45)34-30(19)33(41(46,47)48)53-58(34)18-29(59)50-27(15-21-13-22(42)16-23(43)14-21)31-26(24-7-6-8-25-32(24)56(4)54-35(25)55-64(5,61)62)17-28-36(51-31)52-38(63-28)57-11-9-39(3,10-12-57)37(49)60/h6-8,13-14,16-17,19-20,27H,9-12,15,18H2,1-5H3,(H2,49,60)(H,50,59)(H,54,55)/t19-,20+,27?/m0/s1. The first-order valence-electron chi connectivity index (χ1n) is 20.0. The molecular formula is C41H41F7N10O4S2. The number of hydrogen-bond acceptors (Lipinski definition) is 10. The van der Waals surface area contributed by atoms with Crippen molar-refractivity contribution in [3.8, 4) is 11.1 Å². The Bertz CT molecular complexity index is 2960. The maximum Gasteiger partial charge on any atom is 0.435 e. The van der Waals surface area contributed by atoms with Crippen LogP contribution in [0.15, 0.2) is 42.5 Å². The largest absolute Gasteiger partial charge is 0.435 e. The van der Waals surface area contributed by atoms with Gasteiger partial charge in [0.15, 0.2) is 22.3 Å². The summed E-state index contributed by atoms with van der Waals surface area (Å²) in [7, 11) is -2.24. The molecule has 64 heavy (non-hydrogen) atoms. The fourth-order valence-corrected chi connectivity index (χ4v) is 10.1. The first kappa shape index (κ1) is 44.8. The quantitative estimate of drug-likeness (QED) is 0.114. The molecule has 14 nitrogen and oxygen atoms in total. The van der Waals surface area contributed by atoms with Crippen molar-refractivity contribution >= 4 is 65.4 Å². The highest BCUT2D eigenvalue weighted by Crippen LogP contribution is 2.55. The number of amides is 2. The van der Waals surface area contributed by atoms with Gasteiger partial charge in [-0.3, -0.25) is 23.7 Å². The summed E-state index contributed by atoms with van der Waals surface area (Å²) in [6.07, 6.45) is -3.65. The molecule has 1 aliphatic carbocycles. The Labute approximate surface area is 365 Å². The van der Waals surface area contributed by atoms with Gasteiger partial charge in [-0.1, -0.05) is 44.2 Å². The van der Waals surface area contributed by atoms with Crippen molar-refractivity contribution in [1.82, 2.24) is 34.8 Å². The second-order valence-electron chi connectivity index (χ2n) is 16.8. The molecule has 1 aliphatic heterocycles. The third-order valence-corrected chi connectivity index (χ3v) is 13.9. The molecule has 2 amide bonds. The summed E-state index contributed by atoms with van der Waals surface area (Å²) in [5.41, 5.74) is 3.01. The number of sulfonamides is 1. The number of aryl methyl sites for hydroxylation is 1. The molecule has 0 spiro atoms. The van der Waals surface area contributed by atoms with Crippen molar-refractivity contribution in [3.63, 3.8) is 0 Å². The second-order valence-corrected chi connectivity index (χ2v) is 19.5. The number of thiazole rings is 1. The Hall–Kier alpha value is -5.84. The fraction of sp³-hybridized carbons (Fsp3) is 0.415. The van der Waals surface area contributed by atoms with Crippen LogP contribution in [0.3, 0.4) is 0 Å². The summed E-state index contributed by atoms with van der Waals surface area (Å²) < 4.78 is 133. The number of pyridine rings is 1. The number of carbonyl (C=O) groups is 2. The van der Waals surface area contributed by atoms with E-state index in [-0.39, 0.29) is 29.1 Å². The Morgan fingerprint density at radius 3 is 2.31 bits per heavy atom. The number of primary amides is 1. The molecule has 5 heterocycles. The second kappa shape index (κ2) is 15.7. The van der Waals surface area contributed by atoms with Crippen LogP contribution in [0.25, 0.3) is 32.4 Å². The molecule has 6 aromatic rings. The van der Waals surface area contributed by atoms with Crippen LogP contribution in [-0.4, -0.2) is 69.1 Å². The molecule has 4 aromatic heterocycles. The minimum absolute atomic E-state index is 0.00363. The average Bonchev–Trinajstić information content (AvgIpc) is 3.92. The molecule has 2 aliphatic rings. The Morgan fingerprint density at radius 1 is 1.02 bits per heavy atom. The number of alkyl halides is 5. The lowest BCUT2D eigenvalue weighted by Crippen LogP contribution is -2.45. The number of nitrogens with two attached hydrogens (primary N) is 1. The van der Waals surface area contributed by atoms with E-state index in [4.69, 9.17) is 15.7 Å². The highest BCUT2D eigenvalue weighted by molar-refractivity contribution is 7.92. The van der Waals surface area contributed by atoms with E-state index in [0.29, 0.717) is 68.5 Å². The van der Waals surface area contributed by atoms with Gasteiger partial charge in [0.25, 0.3) is 5.92 Å². The molecule has 2 aromatic carbocycles. The molecule has 23 heteroatoms. The van der Waals surface area contributed by atoms with Gasteiger partial charge in [-0.05, 0) is 55.0 Å². The Morgan fingerprint density at radius 2 is 1.69 bits per heavy atom. The number of halogens is 7. The Balaban J connectivity index is 1.29. The first-order chi connectivity index (χ1) is 29.8. The van der Waals surface area contributed by atoms with Gasteiger partial charge in [-0.2, -0.15) is 37.1 Å². The van der Waals surface area contributed by atoms with Gasteiger partial charge in [-0.15, -0.1) is 0 Å². The Kier molecular flexibility index (Phi) is 11.0. The maximum atomic E-state index is 15.7. The van der Waals surface area contributed by atoms with Crippen LogP contribution in [0.4, 0.5) is 41.7 Å². The number of anilines is 2. The van der Waals surface area contributed by atoms with E-state index in [1.807, 2.05) is 4.90 Å². The number of carbonyl (C=O) groups excluding carboxylic acids is 2. The van der Waals surface area contributed by atoms with Crippen LogP contribution in [0.5, 0.6) is 0 Å². The highest BCUT2D eigenvalue weighted by Gasteiger charge is 2.57. The van der Waals surface area contributed by atoms with Gasteiger partial charge in [0.2, 0.25) is 21.8 Å². The van der Waals surface area contributed by atoms with Gasteiger partial charge in [0, 0.05) is 59.6 Å². The molecule has 8 rings (SSSR count). The maximum absolute atomic E-state index is 15.7. The van der Waals surface area contributed by atoms with Crippen LogP contribution in [-0.2, 0) is 51.7 Å². The first-order valence-corrected chi connectivity index (χ1v) is 22.7. The van der Waals surface area contributed by atoms with E-state index in [9.17, 15) is 40.0 Å². The lowest BCUT2D eigenvalue weighted by Gasteiger charge is -2.36.